The van der Waals surface area contributed by atoms with E-state index in [0.717, 1.165) is 17.5 Å². The molecule has 0 radical (unpaired) electrons. The smallest absolute Gasteiger partial charge is 0.134 e. The van der Waals surface area contributed by atoms with Crippen molar-refractivity contribution in [3.8, 4) is 0 Å². The van der Waals surface area contributed by atoms with Crippen LogP contribution in [0.5, 0.6) is 0 Å². The van der Waals surface area contributed by atoms with Crippen LogP contribution in [0.2, 0.25) is 8.67 Å². The molecule has 3 rings (SSSR count). The number of halogens is 3. The van der Waals surface area contributed by atoms with Gasteiger partial charge in [-0.25, -0.2) is 4.39 Å². The lowest BCUT2D eigenvalue weighted by Gasteiger charge is -2.14. The standard InChI is InChI=1S/C15H12Cl2FNOS/c1-2-19-14(10-7-13(16)21-15(10)17)12-6-8-5-9(18)3-4-11(8)20-12/h3-7,14,19H,2H2,1H3. The van der Waals surface area contributed by atoms with Gasteiger partial charge in [0, 0.05) is 10.9 Å². The predicted molar refractivity (Wildman–Crippen MR) is 86.0 cm³/mol. The number of nitrogens with one attached hydrogen (secondary N) is 1. The highest BCUT2D eigenvalue weighted by molar-refractivity contribution is 7.20. The molecule has 2 heterocycles. The summed E-state index contributed by atoms with van der Waals surface area (Å²) in [5.74, 6) is 0.403. The first-order chi connectivity index (χ1) is 10.1. The Kier molecular flexibility index (Phi) is 4.22. The normalized spacial score (nSPS) is 13.0. The molecule has 0 aliphatic carbocycles. The summed E-state index contributed by atoms with van der Waals surface area (Å²) in [4.78, 5) is 0. The van der Waals surface area contributed by atoms with Gasteiger partial charge in [0.05, 0.1) is 14.7 Å². The van der Waals surface area contributed by atoms with Gasteiger partial charge in [0.2, 0.25) is 0 Å². The van der Waals surface area contributed by atoms with Crippen molar-refractivity contribution < 1.29 is 8.81 Å². The summed E-state index contributed by atoms with van der Waals surface area (Å²) in [6.45, 7) is 2.73. The summed E-state index contributed by atoms with van der Waals surface area (Å²) in [5, 5.41) is 4.05. The Morgan fingerprint density at radius 2 is 2.10 bits per heavy atom. The third kappa shape index (κ3) is 2.94. The van der Waals surface area contributed by atoms with Crippen LogP contribution in [0.4, 0.5) is 4.39 Å². The van der Waals surface area contributed by atoms with Gasteiger partial charge in [0.15, 0.2) is 0 Å². The van der Waals surface area contributed by atoms with Crippen LogP contribution >= 0.6 is 34.5 Å². The van der Waals surface area contributed by atoms with Crippen molar-refractivity contribution in [2.24, 2.45) is 0 Å². The Morgan fingerprint density at radius 3 is 2.76 bits per heavy atom. The summed E-state index contributed by atoms with van der Waals surface area (Å²) in [7, 11) is 0. The molecule has 2 aromatic heterocycles. The number of rotatable bonds is 4. The van der Waals surface area contributed by atoms with Gasteiger partial charge in [-0.2, -0.15) is 0 Å². The van der Waals surface area contributed by atoms with Crippen molar-refractivity contribution >= 4 is 45.5 Å². The van der Waals surface area contributed by atoms with E-state index in [1.165, 1.54) is 23.5 Å². The van der Waals surface area contributed by atoms with Gasteiger partial charge in [0.25, 0.3) is 0 Å². The fourth-order valence-corrected chi connectivity index (χ4v) is 3.83. The number of benzene rings is 1. The highest BCUT2D eigenvalue weighted by atomic mass is 35.5. The first-order valence-corrected chi connectivity index (χ1v) is 8.03. The molecular weight excluding hydrogens is 332 g/mol. The molecule has 3 aromatic rings. The molecule has 21 heavy (non-hydrogen) atoms. The Balaban J connectivity index is 2.08. The molecule has 0 aliphatic rings. The summed E-state index contributed by atoms with van der Waals surface area (Å²) >= 11 is 13.6. The fraction of sp³-hybridized carbons (Fsp3) is 0.200. The average molecular weight is 344 g/mol. The van der Waals surface area contributed by atoms with Crippen molar-refractivity contribution in [3.63, 3.8) is 0 Å². The molecule has 0 saturated heterocycles. The lowest BCUT2D eigenvalue weighted by molar-refractivity contribution is 0.477. The van der Waals surface area contributed by atoms with Gasteiger partial charge in [-0.3, -0.25) is 0 Å². The van der Waals surface area contributed by atoms with Crippen LogP contribution in [0.25, 0.3) is 11.0 Å². The van der Waals surface area contributed by atoms with Crippen LogP contribution in [-0.2, 0) is 0 Å². The van der Waals surface area contributed by atoms with Crippen molar-refractivity contribution in [1.82, 2.24) is 5.32 Å². The fourth-order valence-electron chi connectivity index (χ4n) is 2.29. The molecule has 0 fully saturated rings. The Bertz CT molecular complexity index is 783. The monoisotopic (exact) mass is 343 g/mol. The van der Waals surface area contributed by atoms with E-state index in [1.807, 2.05) is 19.1 Å². The van der Waals surface area contributed by atoms with E-state index in [9.17, 15) is 4.39 Å². The maximum absolute atomic E-state index is 13.3. The Morgan fingerprint density at radius 1 is 1.29 bits per heavy atom. The van der Waals surface area contributed by atoms with E-state index in [0.29, 0.717) is 20.0 Å². The third-order valence-corrected chi connectivity index (χ3v) is 4.70. The minimum atomic E-state index is -0.286. The van der Waals surface area contributed by atoms with Gasteiger partial charge in [-0.1, -0.05) is 30.1 Å². The minimum Gasteiger partial charge on any atom is -0.459 e. The van der Waals surface area contributed by atoms with Crippen LogP contribution in [0.15, 0.2) is 34.7 Å². The summed E-state index contributed by atoms with van der Waals surface area (Å²) in [6.07, 6.45) is 0. The van der Waals surface area contributed by atoms with E-state index in [2.05, 4.69) is 5.32 Å². The average Bonchev–Trinajstić information content (AvgIpc) is 2.98. The maximum atomic E-state index is 13.3. The second-order valence-electron chi connectivity index (χ2n) is 4.60. The first kappa shape index (κ1) is 14.9. The Hall–Kier alpha value is -1.07. The summed E-state index contributed by atoms with van der Waals surface area (Å²) < 4.78 is 20.4. The zero-order valence-corrected chi connectivity index (χ0v) is 13.4. The van der Waals surface area contributed by atoms with Gasteiger partial charge < -0.3 is 9.73 Å². The molecular formula is C15H12Cl2FNOS. The molecule has 0 spiro atoms. The third-order valence-electron chi connectivity index (χ3n) is 3.18. The predicted octanol–water partition coefficient (Wildman–Crippen LogP) is 5.64. The van der Waals surface area contributed by atoms with Crippen molar-refractivity contribution in [3.05, 3.63) is 56.1 Å². The molecule has 1 aromatic carbocycles. The minimum absolute atomic E-state index is 0.207. The van der Waals surface area contributed by atoms with E-state index in [4.69, 9.17) is 27.6 Å². The first-order valence-electron chi connectivity index (χ1n) is 6.45. The second-order valence-corrected chi connectivity index (χ2v) is 6.89. The number of hydrogen-bond acceptors (Lipinski definition) is 3. The molecule has 0 saturated carbocycles. The number of hydrogen-bond donors (Lipinski definition) is 1. The maximum Gasteiger partial charge on any atom is 0.134 e. The van der Waals surface area contributed by atoms with Crippen LogP contribution in [0, 0.1) is 5.82 Å². The molecule has 1 N–H and O–H groups in total. The molecule has 0 bridgehead atoms. The van der Waals surface area contributed by atoms with Crippen LogP contribution in [0.3, 0.4) is 0 Å². The number of furan rings is 1. The molecule has 0 amide bonds. The van der Waals surface area contributed by atoms with E-state index in [-0.39, 0.29) is 11.9 Å². The van der Waals surface area contributed by atoms with Crippen LogP contribution < -0.4 is 5.32 Å². The molecule has 2 nitrogen and oxygen atoms in total. The molecule has 6 heteroatoms. The Labute approximate surface area is 135 Å². The zero-order chi connectivity index (χ0) is 15.0. The molecule has 110 valence electrons. The van der Waals surface area contributed by atoms with E-state index >= 15 is 0 Å². The molecule has 1 atom stereocenters. The molecule has 0 aliphatic heterocycles. The number of thiophene rings is 1. The topological polar surface area (TPSA) is 25.2 Å². The van der Waals surface area contributed by atoms with Gasteiger partial charge >= 0.3 is 0 Å². The van der Waals surface area contributed by atoms with Crippen molar-refractivity contribution in [1.29, 1.82) is 0 Å². The van der Waals surface area contributed by atoms with Gasteiger partial charge in [-0.05, 0) is 36.9 Å². The van der Waals surface area contributed by atoms with Crippen molar-refractivity contribution in [2.75, 3.05) is 6.54 Å². The van der Waals surface area contributed by atoms with Gasteiger partial charge in [0.1, 0.15) is 17.2 Å². The molecule has 1 unspecified atom stereocenters. The summed E-state index contributed by atoms with van der Waals surface area (Å²) in [5.41, 5.74) is 1.51. The van der Waals surface area contributed by atoms with E-state index in [1.54, 1.807) is 6.07 Å². The summed E-state index contributed by atoms with van der Waals surface area (Å²) in [6, 6.07) is 7.91. The van der Waals surface area contributed by atoms with Crippen molar-refractivity contribution in [2.45, 2.75) is 13.0 Å². The van der Waals surface area contributed by atoms with Crippen LogP contribution in [0.1, 0.15) is 24.3 Å². The largest absolute Gasteiger partial charge is 0.459 e. The number of fused-ring (bicyclic) bond motifs is 1. The van der Waals surface area contributed by atoms with Gasteiger partial charge in [-0.15, -0.1) is 11.3 Å². The lowest BCUT2D eigenvalue weighted by atomic mass is 10.1. The lowest BCUT2D eigenvalue weighted by Crippen LogP contribution is -2.21. The quantitative estimate of drug-likeness (QED) is 0.663. The highest BCUT2D eigenvalue weighted by Gasteiger charge is 2.22. The van der Waals surface area contributed by atoms with Crippen LogP contribution in [-0.4, -0.2) is 6.54 Å². The highest BCUT2D eigenvalue weighted by Crippen LogP contribution is 2.38. The zero-order valence-electron chi connectivity index (χ0n) is 11.1. The van der Waals surface area contributed by atoms with E-state index < -0.39 is 0 Å². The second kappa shape index (κ2) is 5.97. The SMILES string of the molecule is CCNC(c1cc2cc(F)ccc2o1)c1cc(Cl)sc1Cl.